The number of hydrogen-bond donors (Lipinski definition) is 2. The third kappa shape index (κ3) is 5.68. The summed E-state index contributed by atoms with van der Waals surface area (Å²) in [6.45, 7) is -2.90. The molecule has 27 heavy (non-hydrogen) atoms. The van der Waals surface area contributed by atoms with Crippen LogP contribution >= 0.6 is 0 Å². The first-order chi connectivity index (χ1) is 13.0. The summed E-state index contributed by atoms with van der Waals surface area (Å²) in [7, 11) is 3.35. The smallest absolute Gasteiger partial charge is 0.387 e. The zero-order chi connectivity index (χ0) is 19.8. The minimum Gasteiger partial charge on any atom is -0.493 e. The van der Waals surface area contributed by atoms with Gasteiger partial charge in [-0.2, -0.15) is 8.78 Å². The fourth-order valence-electron chi connectivity index (χ4n) is 2.38. The van der Waals surface area contributed by atoms with Gasteiger partial charge in [0.25, 0.3) is 0 Å². The fourth-order valence-corrected chi connectivity index (χ4v) is 3.30. The lowest BCUT2D eigenvalue weighted by molar-refractivity contribution is -0.0497. The average Bonchev–Trinajstić information content (AvgIpc) is 2.66. The van der Waals surface area contributed by atoms with Gasteiger partial charge in [-0.25, -0.2) is 0 Å². The Bertz CT molecular complexity index is 793. The van der Waals surface area contributed by atoms with Crippen LogP contribution in [0.4, 0.5) is 20.2 Å². The maximum absolute atomic E-state index is 12.4. The summed E-state index contributed by atoms with van der Waals surface area (Å²) < 4.78 is 51.9. The number of pyridine rings is 1. The molecule has 148 valence electrons. The molecule has 2 N–H and O–H groups in total. The molecule has 1 heterocycles. The Morgan fingerprint density at radius 3 is 2.59 bits per heavy atom. The number of nitrogens with zero attached hydrogens (tertiary/aromatic N) is 1. The van der Waals surface area contributed by atoms with Crippen LogP contribution in [0, 0.1) is 0 Å². The molecule has 1 unspecified atom stereocenters. The van der Waals surface area contributed by atoms with Crippen molar-refractivity contribution in [2.24, 2.45) is 0 Å². The van der Waals surface area contributed by atoms with E-state index in [2.05, 4.69) is 20.4 Å². The SMILES string of the molecule is CNc1cc(OC(F)F)ccc1NCS(=O)Cc1nccc(OC)c1OC. The van der Waals surface area contributed by atoms with Crippen molar-refractivity contribution in [2.45, 2.75) is 12.4 Å². The Hall–Kier alpha value is -2.62. The molecule has 2 rings (SSSR count). The molecule has 1 aromatic heterocycles. The molecule has 0 bridgehead atoms. The summed E-state index contributed by atoms with van der Waals surface area (Å²) in [5, 5.41) is 5.91. The summed E-state index contributed by atoms with van der Waals surface area (Å²) in [5.74, 6) is 1.28. The van der Waals surface area contributed by atoms with Crippen molar-refractivity contribution in [2.75, 3.05) is 37.8 Å². The first-order valence-corrected chi connectivity index (χ1v) is 9.38. The Labute approximate surface area is 158 Å². The molecule has 0 radical (unpaired) electrons. The number of aromatic nitrogens is 1. The number of rotatable bonds is 10. The molecule has 1 aromatic carbocycles. The predicted octanol–water partition coefficient (Wildman–Crippen LogP) is 3.06. The minimum atomic E-state index is -2.90. The summed E-state index contributed by atoms with van der Waals surface area (Å²) in [6, 6.07) is 6.08. The molecule has 0 aliphatic rings. The number of alkyl halides is 2. The van der Waals surface area contributed by atoms with Crippen LogP contribution in [0.1, 0.15) is 5.69 Å². The van der Waals surface area contributed by atoms with E-state index in [9.17, 15) is 13.0 Å². The van der Waals surface area contributed by atoms with E-state index in [0.717, 1.165) is 0 Å². The number of halogens is 2. The van der Waals surface area contributed by atoms with E-state index in [1.165, 1.54) is 26.4 Å². The van der Waals surface area contributed by atoms with Gasteiger partial charge in [-0.3, -0.25) is 9.19 Å². The molecule has 7 nitrogen and oxygen atoms in total. The van der Waals surface area contributed by atoms with E-state index >= 15 is 0 Å². The Morgan fingerprint density at radius 1 is 1.19 bits per heavy atom. The monoisotopic (exact) mass is 401 g/mol. The van der Waals surface area contributed by atoms with E-state index in [4.69, 9.17) is 9.47 Å². The largest absolute Gasteiger partial charge is 0.493 e. The highest BCUT2D eigenvalue weighted by atomic mass is 32.2. The summed E-state index contributed by atoms with van der Waals surface area (Å²) >= 11 is 0. The van der Waals surface area contributed by atoms with Crippen LogP contribution in [0.5, 0.6) is 17.2 Å². The first kappa shape index (κ1) is 20.7. The lowest BCUT2D eigenvalue weighted by Crippen LogP contribution is -2.13. The molecule has 0 aliphatic heterocycles. The highest BCUT2D eigenvalue weighted by Crippen LogP contribution is 2.30. The number of ether oxygens (including phenoxy) is 3. The molecular formula is C17H21F2N3O4S. The number of nitrogens with one attached hydrogen (secondary N) is 2. The standard InChI is InChI=1S/C17H21F2N3O4S/c1-20-13-8-11(26-17(18)19)4-5-12(13)22-10-27(23)9-14-16(25-3)15(24-2)6-7-21-14/h4-8,17,20,22H,9-10H2,1-3H3. The Morgan fingerprint density at radius 2 is 1.96 bits per heavy atom. The maximum atomic E-state index is 12.4. The van der Waals surface area contributed by atoms with Gasteiger partial charge in [-0.15, -0.1) is 0 Å². The van der Waals surface area contributed by atoms with Gasteiger partial charge >= 0.3 is 6.61 Å². The molecule has 0 saturated heterocycles. The van der Waals surface area contributed by atoms with Crippen molar-refractivity contribution in [3.8, 4) is 17.2 Å². The normalized spacial score (nSPS) is 11.8. The van der Waals surface area contributed by atoms with Crippen LogP contribution in [-0.4, -0.2) is 42.9 Å². The second-order valence-corrected chi connectivity index (χ2v) is 6.69. The number of methoxy groups -OCH3 is 2. The third-order valence-corrected chi connectivity index (χ3v) is 4.63. The van der Waals surface area contributed by atoms with E-state index in [1.54, 1.807) is 25.4 Å². The van der Waals surface area contributed by atoms with Crippen LogP contribution in [-0.2, 0) is 16.6 Å². The summed E-state index contributed by atoms with van der Waals surface area (Å²) in [4.78, 5) is 4.20. The molecular weight excluding hydrogens is 380 g/mol. The lowest BCUT2D eigenvalue weighted by Gasteiger charge is -2.14. The highest BCUT2D eigenvalue weighted by molar-refractivity contribution is 7.84. The number of benzene rings is 1. The van der Waals surface area contributed by atoms with Crippen molar-refractivity contribution in [3.05, 3.63) is 36.2 Å². The molecule has 0 amide bonds. The topological polar surface area (TPSA) is 81.7 Å². The van der Waals surface area contributed by atoms with Gasteiger partial charge in [0.1, 0.15) is 5.75 Å². The van der Waals surface area contributed by atoms with E-state index in [-0.39, 0.29) is 17.4 Å². The third-order valence-electron chi connectivity index (χ3n) is 3.57. The van der Waals surface area contributed by atoms with Crippen molar-refractivity contribution < 1.29 is 27.2 Å². The van der Waals surface area contributed by atoms with Crippen LogP contribution in [0.3, 0.4) is 0 Å². The average molecular weight is 401 g/mol. The highest BCUT2D eigenvalue weighted by Gasteiger charge is 2.14. The van der Waals surface area contributed by atoms with Gasteiger partial charge in [0.15, 0.2) is 11.5 Å². The Kier molecular flexibility index (Phi) is 7.59. The molecule has 2 aromatic rings. The lowest BCUT2D eigenvalue weighted by atomic mass is 10.2. The van der Waals surface area contributed by atoms with Crippen molar-refractivity contribution in [1.29, 1.82) is 0 Å². The van der Waals surface area contributed by atoms with Gasteiger partial charge in [0.05, 0.1) is 42.9 Å². The molecule has 1 atom stereocenters. The molecule has 0 aliphatic carbocycles. The van der Waals surface area contributed by atoms with E-state index < -0.39 is 17.4 Å². The van der Waals surface area contributed by atoms with Crippen molar-refractivity contribution >= 4 is 22.2 Å². The maximum Gasteiger partial charge on any atom is 0.387 e. The summed E-state index contributed by atoms with van der Waals surface area (Å²) in [6.07, 6.45) is 1.56. The zero-order valence-electron chi connectivity index (χ0n) is 15.1. The van der Waals surface area contributed by atoms with Crippen LogP contribution < -0.4 is 24.8 Å². The van der Waals surface area contributed by atoms with E-state index in [1.807, 2.05) is 0 Å². The second-order valence-electron chi connectivity index (χ2n) is 5.23. The van der Waals surface area contributed by atoms with Crippen LogP contribution in [0.2, 0.25) is 0 Å². The van der Waals surface area contributed by atoms with Gasteiger partial charge in [-0.1, -0.05) is 0 Å². The van der Waals surface area contributed by atoms with Gasteiger partial charge in [0.2, 0.25) is 0 Å². The van der Waals surface area contributed by atoms with Gasteiger partial charge in [0, 0.05) is 36.2 Å². The first-order valence-electron chi connectivity index (χ1n) is 7.89. The van der Waals surface area contributed by atoms with E-state index in [0.29, 0.717) is 28.6 Å². The number of hydrogen-bond acceptors (Lipinski definition) is 7. The summed E-state index contributed by atoms with van der Waals surface area (Å²) in [5.41, 5.74) is 1.67. The minimum absolute atomic E-state index is 0.0336. The molecule has 0 saturated carbocycles. The molecule has 0 spiro atoms. The van der Waals surface area contributed by atoms with Crippen molar-refractivity contribution in [3.63, 3.8) is 0 Å². The second kappa shape index (κ2) is 9.91. The van der Waals surface area contributed by atoms with Gasteiger partial charge in [-0.05, 0) is 12.1 Å². The predicted molar refractivity (Wildman–Crippen MR) is 100 cm³/mol. The number of anilines is 2. The fraction of sp³-hybridized carbons (Fsp3) is 0.353. The Balaban J connectivity index is 2.04. The van der Waals surface area contributed by atoms with Crippen LogP contribution in [0.15, 0.2) is 30.5 Å². The van der Waals surface area contributed by atoms with Crippen LogP contribution in [0.25, 0.3) is 0 Å². The quantitative estimate of drug-likeness (QED) is 0.633. The van der Waals surface area contributed by atoms with Crippen molar-refractivity contribution in [1.82, 2.24) is 4.98 Å². The molecule has 0 fully saturated rings. The van der Waals surface area contributed by atoms with Gasteiger partial charge < -0.3 is 24.8 Å². The molecule has 10 heteroatoms. The zero-order valence-corrected chi connectivity index (χ0v) is 15.9.